The van der Waals surface area contributed by atoms with E-state index >= 15 is 0 Å². The van der Waals surface area contributed by atoms with Gasteiger partial charge in [-0.1, -0.05) is 13.0 Å². The first-order valence-electron chi connectivity index (χ1n) is 9.70. The smallest absolute Gasteiger partial charge is 0.290 e. The zero-order chi connectivity index (χ0) is 20.5. The van der Waals surface area contributed by atoms with Crippen LogP contribution in [0.15, 0.2) is 69.9 Å². The summed E-state index contributed by atoms with van der Waals surface area (Å²) < 4.78 is 12.5. The Hall–Kier alpha value is -3.94. The van der Waals surface area contributed by atoms with Crippen molar-refractivity contribution in [3.05, 3.63) is 83.7 Å². The lowest BCUT2D eigenvalue weighted by atomic mass is 10.1. The number of fused-ring (bicyclic) bond motifs is 3. The number of furan rings is 2. The molecule has 0 saturated heterocycles. The minimum absolute atomic E-state index is 0.232. The summed E-state index contributed by atoms with van der Waals surface area (Å²) in [4.78, 5) is 14.8. The Balaban J connectivity index is 1.59. The normalized spacial score (nSPS) is 11.4. The highest BCUT2D eigenvalue weighted by Gasteiger charge is 2.22. The minimum Gasteiger partial charge on any atom is -0.467 e. The second kappa shape index (κ2) is 7.47. The zero-order valence-corrected chi connectivity index (χ0v) is 16.4. The molecule has 0 aliphatic rings. The number of tetrazole rings is 1. The minimum atomic E-state index is -0.232. The van der Waals surface area contributed by atoms with E-state index in [1.54, 1.807) is 33.9 Å². The third-order valence-electron chi connectivity index (χ3n) is 5.12. The van der Waals surface area contributed by atoms with Gasteiger partial charge in [-0.2, -0.15) is 4.52 Å². The number of hydrogen-bond acceptors (Lipinski definition) is 6. The lowest BCUT2D eigenvalue weighted by molar-refractivity contribution is 0.0686. The number of nitrogens with zero attached hydrogens (tertiary/aromatic N) is 5. The summed E-state index contributed by atoms with van der Waals surface area (Å²) in [5.74, 6) is 0.718. The van der Waals surface area contributed by atoms with E-state index in [4.69, 9.17) is 8.83 Å². The molecular weight excluding hydrogens is 382 g/mol. The Bertz CT molecular complexity index is 1310. The number of carbonyl (C=O) groups is 1. The maximum atomic E-state index is 13.1. The molecule has 8 nitrogen and oxygen atoms in total. The van der Waals surface area contributed by atoms with Crippen molar-refractivity contribution in [3.63, 3.8) is 0 Å². The van der Waals surface area contributed by atoms with Gasteiger partial charge in [-0.3, -0.25) is 4.79 Å². The average Bonchev–Trinajstić information content (AvgIpc) is 3.55. The summed E-state index contributed by atoms with van der Waals surface area (Å²) in [6.45, 7) is 2.72. The number of pyridine rings is 1. The van der Waals surface area contributed by atoms with Gasteiger partial charge in [-0.15, -0.1) is 5.10 Å². The molecule has 4 aromatic heterocycles. The number of carbonyl (C=O) groups excluding carboxylic acids is 1. The summed E-state index contributed by atoms with van der Waals surface area (Å²) in [6, 6.07) is 15.3. The lowest BCUT2D eigenvalue weighted by Gasteiger charge is -2.21. The molecule has 30 heavy (non-hydrogen) atoms. The van der Waals surface area contributed by atoms with Crippen LogP contribution < -0.4 is 0 Å². The predicted molar refractivity (Wildman–Crippen MR) is 109 cm³/mol. The Morgan fingerprint density at radius 2 is 1.93 bits per heavy atom. The second-order valence-electron chi connectivity index (χ2n) is 7.05. The number of aromatic nitrogens is 4. The van der Waals surface area contributed by atoms with Crippen LogP contribution in [0, 0.1) is 0 Å². The van der Waals surface area contributed by atoms with Gasteiger partial charge in [0.1, 0.15) is 5.76 Å². The highest BCUT2D eigenvalue weighted by molar-refractivity contribution is 5.91. The van der Waals surface area contributed by atoms with Crippen molar-refractivity contribution in [1.82, 2.24) is 24.9 Å². The van der Waals surface area contributed by atoms with Crippen molar-refractivity contribution in [2.24, 2.45) is 0 Å². The van der Waals surface area contributed by atoms with Gasteiger partial charge in [0, 0.05) is 10.9 Å². The summed E-state index contributed by atoms with van der Waals surface area (Å²) in [5.41, 5.74) is 3.60. The SMILES string of the molecule is CCc1ccc2c(c1)cc(CN(Cc1ccco1)C(=O)c1ccco1)c1nnnn12. The van der Waals surface area contributed by atoms with Gasteiger partial charge < -0.3 is 13.7 Å². The number of rotatable bonds is 6. The van der Waals surface area contributed by atoms with Crippen molar-refractivity contribution < 1.29 is 13.6 Å². The molecule has 5 aromatic rings. The van der Waals surface area contributed by atoms with Crippen LogP contribution in [0.2, 0.25) is 0 Å². The molecule has 0 aliphatic heterocycles. The molecule has 1 amide bonds. The number of benzene rings is 1. The van der Waals surface area contributed by atoms with Gasteiger partial charge >= 0.3 is 0 Å². The molecule has 0 aliphatic carbocycles. The van der Waals surface area contributed by atoms with Gasteiger partial charge in [0.15, 0.2) is 11.4 Å². The monoisotopic (exact) mass is 401 g/mol. The quantitative estimate of drug-likeness (QED) is 0.429. The van der Waals surface area contributed by atoms with E-state index in [0.29, 0.717) is 24.5 Å². The average molecular weight is 401 g/mol. The zero-order valence-electron chi connectivity index (χ0n) is 16.4. The molecule has 150 valence electrons. The van der Waals surface area contributed by atoms with Crippen molar-refractivity contribution in [3.8, 4) is 0 Å². The first-order valence-corrected chi connectivity index (χ1v) is 9.70. The van der Waals surface area contributed by atoms with E-state index in [2.05, 4.69) is 34.6 Å². The van der Waals surface area contributed by atoms with Gasteiger partial charge in [-0.05, 0) is 64.9 Å². The van der Waals surface area contributed by atoms with E-state index in [9.17, 15) is 4.79 Å². The molecule has 0 N–H and O–H groups in total. The second-order valence-corrected chi connectivity index (χ2v) is 7.05. The third-order valence-corrected chi connectivity index (χ3v) is 5.12. The summed E-state index contributed by atoms with van der Waals surface area (Å²) in [7, 11) is 0. The number of amides is 1. The maximum Gasteiger partial charge on any atom is 0.290 e. The largest absolute Gasteiger partial charge is 0.467 e. The topological polar surface area (TPSA) is 89.7 Å². The van der Waals surface area contributed by atoms with Crippen LogP contribution in [0.1, 0.15) is 34.4 Å². The van der Waals surface area contributed by atoms with Crippen LogP contribution in [0.3, 0.4) is 0 Å². The van der Waals surface area contributed by atoms with Crippen LogP contribution in [0.5, 0.6) is 0 Å². The van der Waals surface area contributed by atoms with Crippen LogP contribution in [-0.2, 0) is 19.5 Å². The van der Waals surface area contributed by atoms with E-state index in [1.807, 2.05) is 18.2 Å². The molecule has 0 spiro atoms. The van der Waals surface area contributed by atoms with E-state index < -0.39 is 0 Å². The highest BCUT2D eigenvalue weighted by atomic mass is 16.3. The molecule has 0 atom stereocenters. The summed E-state index contributed by atoms with van der Waals surface area (Å²) >= 11 is 0. The van der Waals surface area contributed by atoms with Crippen LogP contribution >= 0.6 is 0 Å². The molecule has 0 saturated carbocycles. The Morgan fingerprint density at radius 3 is 2.70 bits per heavy atom. The molecule has 4 heterocycles. The van der Waals surface area contributed by atoms with E-state index in [0.717, 1.165) is 22.9 Å². The third kappa shape index (κ3) is 3.22. The Kier molecular flexibility index (Phi) is 4.51. The van der Waals surface area contributed by atoms with Gasteiger partial charge in [0.05, 0.1) is 31.1 Å². The van der Waals surface area contributed by atoms with Gasteiger partial charge in [-0.25, -0.2) is 0 Å². The standard InChI is InChI=1S/C22H19N5O3/c1-2-15-7-8-19-16(11-15)12-17(21-23-24-25-27(19)21)13-26(14-18-5-3-9-29-18)22(28)20-6-4-10-30-20/h3-12H,2,13-14H2,1H3. The first kappa shape index (κ1) is 18.1. The Labute approximate surface area is 171 Å². The predicted octanol–water partition coefficient (Wildman–Crippen LogP) is 3.87. The van der Waals surface area contributed by atoms with Crippen molar-refractivity contribution >= 4 is 22.5 Å². The van der Waals surface area contributed by atoms with Crippen LogP contribution in [-0.4, -0.2) is 30.8 Å². The fraction of sp³-hybridized carbons (Fsp3) is 0.182. The first-order chi connectivity index (χ1) is 14.7. The molecule has 0 unspecified atom stereocenters. The molecule has 0 bridgehead atoms. The molecule has 0 radical (unpaired) electrons. The highest BCUT2D eigenvalue weighted by Crippen LogP contribution is 2.23. The van der Waals surface area contributed by atoms with E-state index in [-0.39, 0.29) is 11.7 Å². The fourth-order valence-corrected chi connectivity index (χ4v) is 3.60. The molecule has 1 aromatic carbocycles. The number of hydrogen-bond donors (Lipinski definition) is 0. The van der Waals surface area contributed by atoms with Crippen LogP contribution in [0.25, 0.3) is 16.6 Å². The molecule has 0 fully saturated rings. The van der Waals surface area contributed by atoms with Gasteiger partial charge in [0.2, 0.25) is 0 Å². The molecular formula is C22H19N5O3. The Morgan fingerprint density at radius 1 is 1.07 bits per heavy atom. The summed E-state index contributed by atoms with van der Waals surface area (Å²) in [6.07, 6.45) is 4.01. The van der Waals surface area contributed by atoms with E-state index in [1.165, 1.54) is 11.8 Å². The summed E-state index contributed by atoms with van der Waals surface area (Å²) in [5, 5.41) is 13.2. The molecule has 5 rings (SSSR count). The van der Waals surface area contributed by atoms with Crippen LogP contribution in [0.4, 0.5) is 0 Å². The fourth-order valence-electron chi connectivity index (χ4n) is 3.60. The molecule has 8 heteroatoms. The van der Waals surface area contributed by atoms with Crippen molar-refractivity contribution in [2.75, 3.05) is 0 Å². The lowest BCUT2D eigenvalue weighted by Crippen LogP contribution is -2.30. The number of aryl methyl sites for hydroxylation is 1. The van der Waals surface area contributed by atoms with Crippen molar-refractivity contribution in [2.45, 2.75) is 26.4 Å². The van der Waals surface area contributed by atoms with Crippen molar-refractivity contribution in [1.29, 1.82) is 0 Å². The van der Waals surface area contributed by atoms with Gasteiger partial charge in [0.25, 0.3) is 5.91 Å². The maximum absolute atomic E-state index is 13.1.